The normalized spacial score (nSPS) is 10.7. The van der Waals surface area contributed by atoms with Gasteiger partial charge in [0.2, 0.25) is 0 Å². The molecule has 0 atom stereocenters. The minimum absolute atomic E-state index is 0. The van der Waals surface area contributed by atoms with E-state index in [0.717, 1.165) is 13.3 Å². The average molecular weight is 251 g/mol. The van der Waals surface area contributed by atoms with Crippen molar-refractivity contribution in [3.63, 3.8) is 0 Å². The molecule has 0 saturated heterocycles. The summed E-state index contributed by atoms with van der Waals surface area (Å²) < 4.78 is 18.7. The van der Waals surface area contributed by atoms with Crippen molar-refractivity contribution in [3.05, 3.63) is 0 Å². The molecule has 11 heavy (non-hydrogen) atoms. The Morgan fingerprint density at radius 3 is 0.818 bits per heavy atom. The molecule has 6 nitrogen and oxygen atoms in total. The summed E-state index contributed by atoms with van der Waals surface area (Å²) in [7, 11) is -7.28. The summed E-state index contributed by atoms with van der Waals surface area (Å²) >= 11 is 0. The van der Waals surface area contributed by atoms with Gasteiger partial charge in [0.15, 0.2) is 0 Å². The number of hydrogen-bond donors (Lipinski definition) is 4. The first-order chi connectivity index (χ1) is 4.00. The van der Waals surface area contributed by atoms with Gasteiger partial charge in [-0.15, -0.1) is 0 Å². The van der Waals surface area contributed by atoms with Crippen LogP contribution in [0, 0.1) is 0 Å². The third kappa shape index (κ3) is 1290. The van der Waals surface area contributed by atoms with Gasteiger partial charge in [-0.25, -0.2) is 0 Å². The molecule has 0 aromatic rings. The zero-order valence-electron chi connectivity index (χ0n) is 5.83. The second-order valence-corrected chi connectivity index (χ2v) is 5.01. The fraction of sp³-hybridized carbons (Fsp3) is 1.00. The van der Waals surface area contributed by atoms with E-state index >= 15 is 0 Å². The van der Waals surface area contributed by atoms with Crippen molar-refractivity contribution in [2.24, 2.45) is 0 Å². The Bertz CT molecular complexity index is 131. The Morgan fingerprint density at radius 2 is 0.818 bits per heavy atom. The molecule has 0 heterocycles. The van der Waals surface area contributed by atoms with Crippen LogP contribution in [0.5, 0.6) is 0 Å². The van der Waals surface area contributed by atoms with Crippen molar-refractivity contribution in [2.75, 3.05) is 13.3 Å². The molecule has 73 valence electrons. The van der Waals surface area contributed by atoms with E-state index in [0.29, 0.717) is 0 Å². The van der Waals surface area contributed by atoms with E-state index < -0.39 is 15.2 Å². The quantitative estimate of drug-likeness (QED) is 0.435. The van der Waals surface area contributed by atoms with Crippen LogP contribution in [0.25, 0.3) is 0 Å². The van der Waals surface area contributed by atoms with Gasteiger partial charge in [0, 0.05) is 30.1 Å². The molecule has 0 aliphatic rings. The third-order valence-electron chi connectivity index (χ3n) is 0. The van der Waals surface area contributed by atoms with E-state index in [-0.39, 0.29) is 16.8 Å². The molecule has 0 aromatic heterocycles. The molecule has 0 bridgehead atoms. The third-order valence-corrected chi connectivity index (χ3v) is 0. The van der Waals surface area contributed by atoms with E-state index in [2.05, 4.69) is 0 Å². The standard InChI is InChI=1S/2CH5O3P.Co/c2*1-5(2,3)4;/h2*1H3,(H2,2,3,4);. The fourth-order valence-electron chi connectivity index (χ4n) is 0. The van der Waals surface area contributed by atoms with Crippen molar-refractivity contribution >= 4 is 15.2 Å². The van der Waals surface area contributed by atoms with Crippen molar-refractivity contribution in [3.8, 4) is 0 Å². The second kappa shape index (κ2) is 6.34. The van der Waals surface area contributed by atoms with Gasteiger partial charge in [0.1, 0.15) is 0 Å². The largest absolute Gasteiger partial charge is 0.325 e. The van der Waals surface area contributed by atoms with E-state index in [4.69, 9.17) is 19.6 Å². The average Bonchev–Trinajstić information content (AvgIpc) is 1.12. The summed E-state index contributed by atoms with van der Waals surface area (Å²) in [4.78, 5) is 30.5. The molecule has 0 aromatic carbocycles. The van der Waals surface area contributed by atoms with Gasteiger partial charge >= 0.3 is 15.2 Å². The molecule has 0 unspecified atom stereocenters. The first-order valence-electron chi connectivity index (χ1n) is 2.06. The smallest absolute Gasteiger partial charge is 0.322 e. The monoisotopic (exact) mass is 251 g/mol. The van der Waals surface area contributed by atoms with E-state index in [1.807, 2.05) is 0 Å². The molecule has 0 spiro atoms. The molecule has 0 saturated carbocycles. The van der Waals surface area contributed by atoms with Crippen LogP contribution in [-0.2, 0) is 25.9 Å². The zero-order chi connectivity index (χ0) is 9.00. The molecule has 0 aliphatic heterocycles. The Hall–Kier alpha value is 0.806. The molecule has 0 rings (SSSR count). The summed E-state index contributed by atoms with van der Waals surface area (Å²) in [5.41, 5.74) is 0. The van der Waals surface area contributed by atoms with Gasteiger partial charge in [-0.3, -0.25) is 9.13 Å². The Morgan fingerprint density at radius 1 is 0.818 bits per heavy atom. The van der Waals surface area contributed by atoms with Crippen LogP contribution in [-0.4, -0.2) is 32.9 Å². The predicted octanol–water partition coefficient (Wildman–Crippen LogP) is -0.415. The van der Waals surface area contributed by atoms with Crippen molar-refractivity contribution in [1.82, 2.24) is 0 Å². The number of rotatable bonds is 0. The predicted molar refractivity (Wildman–Crippen MR) is 35.9 cm³/mol. The van der Waals surface area contributed by atoms with Crippen LogP contribution in [0.15, 0.2) is 0 Å². The molecule has 0 amide bonds. The zero-order valence-corrected chi connectivity index (χ0v) is 8.66. The Kier molecular flexibility index (Phi) is 10.2. The minimum Gasteiger partial charge on any atom is -0.325 e. The minimum atomic E-state index is -3.64. The van der Waals surface area contributed by atoms with Gasteiger partial charge < -0.3 is 19.6 Å². The van der Waals surface area contributed by atoms with E-state index in [9.17, 15) is 9.13 Å². The van der Waals surface area contributed by atoms with E-state index in [1.54, 1.807) is 0 Å². The summed E-state index contributed by atoms with van der Waals surface area (Å²) in [6.07, 6.45) is 0. The van der Waals surface area contributed by atoms with Crippen LogP contribution < -0.4 is 0 Å². The Labute approximate surface area is 74.5 Å². The molecule has 4 N–H and O–H groups in total. The van der Waals surface area contributed by atoms with Gasteiger partial charge in [0.05, 0.1) is 0 Å². The maximum Gasteiger partial charge on any atom is 0.322 e. The van der Waals surface area contributed by atoms with Crippen molar-refractivity contribution < 1.29 is 45.5 Å². The first-order valence-corrected chi connectivity index (χ1v) is 6.18. The molecule has 0 aliphatic carbocycles. The molecule has 1 radical (unpaired) electrons. The summed E-state index contributed by atoms with van der Waals surface area (Å²) in [6.45, 7) is 1.71. The topological polar surface area (TPSA) is 115 Å². The summed E-state index contributed by atoms with van der Waals surface area (Å²) in [5.74, 6) is 0. The Balaban J connectivity index is -0.000000107. The SMILES string of the molecule is CP(=O)(O)O.CP(=O)(O)O.[Co]. The van der Waals surface area contributed by atoms with Gasteiger partial charge in [0.25, 0.3) is 0 Å². The van der Waals surface area contributed by atoms with Crippen LogP contribution >= 0.6 is 15.2 Å². The van der Waals surface area contributed by atoms with Gasteiger partial charge in [-0.1, -0.05) is 0 Å². The molecule has 0 fully saturated rings. The van der Waals surface area contributed by atoms with Crippen LogP contribution in [0.2, 0.25) is 0 Å². The molecular weight excluding hydrogens is 241 g/mol. The number of hydrogen-bond acceptors (Lipinski definition) is 2. The maximum atomic E-state index is 9.33. The van der Waals surface area contributed by atoms with Crippen LogP contribution in [0.1, 0.15) is 0 Å². The molecule has 9 heteroatoms. The van der Waals surface area contributed by atoms with Gasteiger partial charge in [-0.05, 0) is 0 Å². The summed E-state index contributed by atoms with van der Waals surface area (Å²) in [5, 5.41) is 0. The van der Waals surface area contributed by atoms with Crippen LogP contribution in [0.3, 0.4) is 0 Å². The summed E-state index contributed by atoms with van der Waals surface area (Å²) in [6, 6.07) is 0. The fourth-order valence-corrected chi connectivity index (χ4v) is 0. The van der Waals surface area contributed by atoms with E-state index in [1.165, 1.54) is 0 Å². The van der Waals surface area contributed by atoms with Crippen molar-refractivity contribution in [1.29, 1.82) is 0 Å². The first kappa shape index (κ1) is 17.8. The maximum absolute atomic E-state index is 9.33. The van der Waals surface area contributed by atoms with Crippen LogP contribution in [0.4, 0.5) is 0 Å². The second-order valence-electron chi connectivity index (χ2n) is 1.67. The molecular formula is C2H10CoO6P2. The van der Waals surface area contributed by atoms with Gasteiger partial charge in [-0.2, -0.15) is 0 Å². The van der Waals surface area contributed by atoms with Crippen molar-refractivity contribution in [2.45, 2.75) is 0 Å².